The molecule has 0 radical (unpaired) electrons. The number of nitrogens with one attached hydrogen (secondary N) is 2. The first kappa shape index (κ1) is 23.6. The van der Waals surface area contributed by atoms with E-state index < -0.39 is 12.7 Å². The number of ether oxygens (including phenoxy) is 1. The van der Waals surface area contributed by atoms with Gasteiger partial charge in [0.05, 0.1) is 12.6 Å². The maximum absolute atomic E-state index is 12.2. The molecule has 0 aliphatic heterocycles. The zero-order valence-electron chi connectivity index (χ0n) is 17.6. The lowest BCUT2D eigenvalue weighted by molar-refractivity contribution is -0.0498. The molecule has 30 heavy (non-hydrogen) atoms. The van der Waals surface area contributed by atoms with Crippen LogP contribution < -0.4 is 15.4 Å². The number of nitrogens with zero attached hydrogens (tertiary/aromatic N) is 2. The van der Waals surface area contributed by atoms with Gasteiger partial charge in [-0.25, -0.2) is 4.99 Å². The zero-order valence-corrected chi connectivity index (χ0v) is 17.6. The van der Waals surface area contributed by atoms with Gasteiger partial charge < -0.3 is 25.4 Å². The van der Waals surface area contributed by atoms with Gasteiger partial charge in [0, 0.05) is 19.6 Å². The summed E-state index contributed by atoms with van der Waals surface area (Å²) < 4.78 is 28.8. The van der Waals surface area contributed by atoms with Gasteiger partial charge in [0.25, 0.3) is 0 Å². The van der Waals surface area contributed by atoms with Crippen LogP contribution in [-0.4, -0.2) is 49.8 Å². The predicted octanol–water partition coefficient (Wildman–Crippen LogP) is 3.14. The summed E-state index contributed by atoms with van der Waals surface area (Å²) in [6.45, 7) is 1.34. The Bertz CT molecular complexity index is 798. The molecule has 0 amide bonds. The quantitative estimate of drug-likeness (QED) is 0.407. The molecular weight excluding hydrogens is 390 g/mol. The van der Waals surface area contributed by atoms with Gasteiger partial charge in [0.2, 0.25) is 0 Å². The maximum Gasteiger partial charge on any atom is 0.387 e. The van der Waals surface area contributed by atoms with Gasteiger partial charge in [-0.05, 0) is 49.8 Å². The molecule has 0 bridgehead atoms. The van der Waals surface area contributed by atoms with E-state index in [2.05, 4.69) is 37.4 Å². The third-order valence-corrected chi connectivity index (χ3v) is 4.31. The van der Waals surface area contributed by atoms with Gasteiger partial charge >= 0.3 is 6.61 Å². The summed E-state index contributed by atoms with van der Waals surface area (Å²) in [6.07, 6.45) is -0.824. The summed E-state index contributed by atoms with van der Waals surface area (Å²) in [4.78, 5) is 6.74. The summed E-state index contributed by atoms with van der Waals surface area (Å²) in [7, 11) is 4.05. The molecule has 2 rings (SSSR count). The van der Waals surface area contributed by atoms with Gasteiger partial charge in [-0.3, -0.25) is 0 Å². The normalized spacial score (nSPS) is 12.9. The van der Waals surface area contributed by atoms with Crippen LogP contribution in [-0.2, 0) is 13.1 Å². The standard InChI is InChI=1S/C22H30F2N4O2/c1-4-25-22(26-13-17-7-5-6-8-18(17)15-28(2)3)27-14-20(29)16-9-11-19(12-10-16)30-21(23)24/h5-12,20-21,29H,4,13-15H2,1-3H3,(H2,25,26,27). The van der Waals surface area contributed by atoms with Gasteiger partial charge in [0.1, 0.15) is 5.75 Å². The third-order valence-electron chi connectivity index (χ3n) is 4.31. The van der Waals surface area contributed by atoms with Crippen LogP contribution in [0, 0.1) is 0 Å². The molecule has 2 aromatic carbocycles. The summed E-state index contributed by atoms with van der Waals surface area (Å²) in [5.41, 5.74) is 2.95. The van der Waals surface area contributed by atoms with Crippen LogP contribution in [0.5, 0.6) is 5.75 Å². The highest BCUT2D eigenvalue weighted by Gasteiger charge is 2.10. The first-order valence-corrected chi connectivity index (χ1v) is 9.85. The van der Waals surface area contributed by atoms with Crippen LogP contribution in [0.4, 0.5) is 8.78 Å². The van der Waals surface area contributed by atoms with E-state index >= 15 is 0 Å². The number of benzene rings is 2. The number of halogens is 2. The Morgan fingerprint density at radius 1 is 1.07 bits per heavy atom. The molecule has 164 valence electrons. The SMILES string of the molecule is CCNC(=NCc1ccccc1CN(C)C)NCC(O)c1ccc(OC(F)F)cc1. The monoisotopic (exact) mass is 420 g/mol. The average molecular weight is 421 g/mol. The summed E-state index contributed by atoms with van der Waals surface area (Å²) in [6, 6.07) is 14.1. The van der Waals surface area contributed by atoms with E-state index in [9.17, 15) is 13.9 Å². The molecule has 2 aromatic rings. The van der Waals surface area contributed by atoms with Gasteiger partial charge in [-0.2, -0.15) is 8.78 Å². The number of hydrogen-bond donors (Lipinski definition) is 3. The van der Waals surface area contributed by atoms with Crippen molar-refractivity contribution in [2.24, 2.45) is 4.99 Å². The van der Waals surface area contributed by atoms with E-state index in [0.717, 1.165) is 12.1 Å². The Kier molecular flexibility index (Phi) is 9.50. The summed E-state index contributed by atoms with van der Waals surface area (Å²) in [5.74, 6) is 0.647. The summed E-state index contributed by atoms with van der Waals surface area (Å²) >= 11 is 0. The highest BCUT2D eigenvalue weighted by molar-refractivity contribution is 5.79. The van der Waals surface area contributed by atoms with E-state index in [1.807, 2.05) is 33.2 Å². The van der Waals surface area contributed by atoms with Crippen LogP contribution in [0.3, 0.4) is 0 Å². The number of hydrogen-bond acceptors (Lipinski definition) is 4. The molecular formula is C22H30F2N4O2. The second kappa shape index (κ2) is 12.1. The third kappa shape index (κ3) is 7.96. The van der Waals surface area contributed by atoms with Crippen molar-refractivity contribution < 1.29 is 18.6 Å². The number of aliphatic hydroxyl groups is 1. The van der Waals surface area contributed by atoms with Gasteiger partial charge in [-0.1, -0.05) is 36.4 Å². The molecule has 1 atom stereocenters. The van der Waals surface area contributed by atoms with E-state index in [0.29, 0.717) is 24.6 Å². The lowest BCUT2D eigenvalue weighted by Gasteiger charge is -2.17. The first-order chi connectivity index (χ1) is 14.4. The Morgan fingerprint density at radius 3 is 2.33 bits per heavy atom. The number of aliphatic imine (C=N–C) groups is 1. The highest BCUT2D eigenvalue weighted by Crippen LogP contribution is 2.19. The van der Waals surface area contributed by atoms with Crippen molar-refractivity contribution in [1.82, 2.24) is 15.5 Å². The molecule has 0 aliphatic rings. The smallest absolute Gasteiger partial charge is 0.387 e. The van der Waals surface area contributed by atoms with Crippen molar-refractivity contribution in [3.8, 4) is 5.75 Å². The minimum absolute atomic E-state index is 0.0557. The topological polar surface area (TPSA) is 69.1 Å². The van der Waals surface area contributed by atoms with Crippen LogP contribution in [0.15, 0.2) is 53.5 Å². The minimum atomic E-state index is -2.87. The van der Waals surface area contributed by atoms with Gasteiger partial charge in [-0.15, -0.1) is 0 Å². The Morgan fingerprint density at radius 2 is 1.73 bits per heavy atom. The molecule has 1 unspecified atom stereocenters. The van der Waals surface area contributed by atoms with Crippen molar-refractivity contribution >= 4 is 5.96 Å². The van der Waals surface area contributed by atoms with E-state index in [-0.39, 0.29) is 12.3 Å². The largest absolute Gasteiger partial charge is 0.435 e. The van der Waals surface area contributed by atoms with Crippen molar-refractivity contribution in [3.63, 3.8) is 0 Å². The fourth-order valence-corrected chi connectivity index (χ4v) is 2.90. The summed E-state index contributed by atoms with van der Waals surface area (Å²) in [5, 5.41) is 16.7. The highest BCUT2D eigenvalue weighted by atomic mass is 19.3. The van der Waals surface area contributed by atoms with Crippen LogP contribution in [0.1, 0.15) is 29.7 Å². The van der Waals surface area contributed by atoms with Crippen molar-refractivity contribution in [2.45, 2.75) is 32.7 Å². The molecule has 0 aromatic heterocycles. The van der Waals surface area contributed by atoms with Gasteiger partial charge in [0.15, 0.2) is 5.96 Å². The average Bonchev–Trinajstić information content (AvgIpc) is 2.70. The molecule has 0 aliphatic carbocycles. The van der Waals surface area contributed by atoms with Crippen molar-refractivity contribution in [3.05, 3.63) is 65.2 Å². The van der Waals surface area contributed by atoms with E-state index in [4.69, 9.17) is 0 Å². The van der Waals surface area contributed by atoms with Crippen molar-refractivity contribution in [2.75, 3.05) is 27.2 Å². The lowest BCUT2D eigenvalue weighted by atomic mass is 10.1. The number of rotatable bonds is 10. The predicted molar refractivity (Wildman–Crippen MR) is 115 cm³/mol. The molecule has 0 heterocycles. The molecule has 0 saturated heterocycles. The zero-order chi connectivity index (χ0) is 21.9. The van der Waals surface area contributed by atoms with Crippen LogP contribution >= 0.6 is 0 Å². The second-order valence-corrected chi connectivity index (χ2v) is 7.05. The number of guanidine groups is 1. The molecule has 0 fully saturated rings. The fraction of sp³-hybridized carbons (Fsp3) is 0.409. The molecule has 8 heteroatoms. The molecule has 0 spiro atoms. The van der Waals surface area contributed by atoms with Crippen LogP contribution in [0.2, 0.25) is 0 Å². The Hall–Kier alpha value is -2.71. The molecule has 3 N–H and O–H groups in total. The van der Waals surface area contributed by atoms with Crippen LogP contribution in [0.25, 0.3) is 0 Å². The lowest BCUT2D eigenvalue weighted by Crippen LogP contribution is -2.39. The van der Waals surface area contributed by atoms with E-state index in [1.54, 1.807) is 12.1 Å². The molecule has 6 nitrogen and oxygen atoms in total. The molecule has 0 saturated carbocycles. The second-order valence-electron chi connectivity index (χ2n) is 7.05. The maximum atomic E-state index is 12.2. The fourth-order valence-electron chi connectivity index (χ4n) is 2.90. The number of alkyl halides is 2. The Balaban J connectivity index is 1.98. The first-order valence-electron chi connectivity index (χ1n) is 9.85. The minimum Gasteiger partial charge on any atom is -0.435 e. The number of aliphatic hydroxyl groups excluding tert-OH is 1. The van der Waals surface area contributed by atoms with E-state index in [1.165, 1.54) is 17.7 Å². The van der Waals surface area contributed by atoms with Crippen molar-refractivity contribution in [1.29, 1.82) is 0 Å². The Labute approximate surface area is 176 Å².